The van der Waals surface area contributed by atoms with E-state index in [1.54, 1.807) is 42.5 Å². The van der Waals surface area contributed by atoms with E-state index in [4.69, 9.17) is 11.6 Å². The monoisotopic (exact) mass is 311 g/mol. The molecular weight excluding hydrogens is 298 g/mol. The van der Waals surface area contributed by atoms with Gasteiger partial charge in [-0.05, 0) is 24.3 Å². The quantitative estimate of drug-likeness (QED) is 0.862. The summed E-state index contributed by atoms with van der Waals surface area (Å²) in [5.74, 6) is -0.196. The summed E-state index contributed by atoms with van der Waals surface area (Å²) in [5, 5.41) is 11.1. The van der Waals surface area contributed by atoms with E-state index in [1.165, 1.54) is 12.1 Å². The van der Waals surface area contributed by atoms with Gasteiger partial charge in [0.2, 0.25) is 0 Å². The molecule has 0 saturated carbocycles. The smallest absolute Gasteiger partial charge is 0.180 e. The summed E-state index contributed by atoms with van der Waals surface area (Å²) in [6, 6.07) is 14.9. The number of nitrogens with zero attached hydrogens (tertiary/aromatic N) is 1. The number of hydrogen-bond acceptors (Lipinski definition) is 4. The van der Waals surface area contributed by atoms with Gasteiger partial charge >= 0.3 is 0 Å². The molecule has 0 aliphatic carbocycles. The second-order valence-corrected chi connectivity index (χ2v) is 6.72. The lowest BCUT2D eigenvalue weighted by Crippen LogP contribution is -2.26. The number of halogens is 1. The van der Waals surface area contributed by atoms with Crippen LogP contribution in [0.15, 0.2) is 59.5 Å². The van der Waals surface area contributed by atoms with Crippen molar-refractivity contribution < 1.29 is 13.6 Å². The molecule has 0 heterocycles. The average Bonchev–Trinajstić information content (AvgIpc) is 2.46. The van der Waals surface area contributed by atoms with E-state index < -0.39 is 9.84 Å². The van der Waals surface area contributed by atoms with Crippen molar-refractivity contribution in [3.05, 3.63) is 59.6 Å². The Bertz CT molecular complexity index is 674. The molecule has 0 bridgehead atoms. The minimum Gasteiger partial charge on any atom is -0.288 e. The van der Waals surface area contributed by atoms with Crippen LogP contribution in [0.1, 0.15) is 0 Å². The molecule has 0 atom stereocenters. The van der Waals surface area contributed by atoms with Crippen LogP contribution in [0.2, 0.25) is 5.02 Å². The highest BCUT2D eigenvalue weighted by molar-refractivity contribution is 7.91. The van der Waals surface area contributed by atoms with Crippen LogP contribution in [0.25, 0.3) is 0 Å². The zero-order chi connectivity index (χ0) is 14.6. The topological polar surface area (TPSA) is 57.6 Å². The van der Waals surface area contributed by atoms with Crippen LogP contribution in [0.5, 0.6) is 0 Å². The van der Waals surface area contributed by atoms with Gasteiger partial charge < -0.3 is 0 Å². The maximum atomic E-state index is 12.1. The Kier molecular flexibility index (Phi) is 4.65. The Morgan fingerprint density at radius 2 is 1.60 bits per heavy atom. The highest BCUT2D eigenvalue weighted by atomic mass is 35.5. The lowest BCUT2D eigenvalue weighted by atomic mass is 10.3. The zero-order valence-electron chi connectivity index (χ0n) is 10.6. The first kappa shape index (κ1) is 14.8. The summed E-state index contributed by atoms with van der Waals surface area (Å²) in [7, 11) is -3.42. The number of sulfone groups is 1. The number of rotatable bonds is 5. The van der Waals surface area contributed by atoms with Crippen LogP contribution in [0.3, 0.4) is 0 Å². The van der Waals surface area contributed by atoms with Crippen molar-refractivity contribution in [1.82, 2.24) is 0 Å². The summed E-state index contributed by atoms with van der Waals surface area (Å²) < 4.78 is 24.2. The number of hydroxylamine groups is 1. The maximum absolute atomic E-state index is 12.1. The highest BCUT2D eigenvalue weighted by Crippen LogP contribution is 2.24. The van der Waals surface area contributed by atoms with E-state index in [2.05, 4.69) is 0 Å². The van der Waals surface area contributed by atoms with Gasteiger partial charge in [-0.15, -0.1) is 0 Å². The van der Waals surface area contributed by atoms with Crippen molar-refractivity contribution in [3.63, 3.8) is 0 Å². The minimum atomic E-state index is -3.42. The Morgan fingerprint density at radius 1 is 1.00 bits per heavy atom. The molecule has 0 saturated heterocycles. The molecule has 6 heteroatoms. The van der Waals surface area contributed by atoms with Gasteiger partial charge in [0.1, 0.15) is 0 Å². The van der Waals surface area contributed by atoms with Crippen molar-refractivity contribution in [3.8, 4) is 0 Å². The third-order valence-corrected chi connectivity index (χ3v) is 4.83. The molecule has 0 fully saturated rings. The Morgan fingerprint density at radius 3 is 2.25 bits per heavy atom. The molecule has 4 nitrogen and oxygen atoms in total. The van der Waals surface area contributed by atoms with Gasteiger partial charge in [0.25, 0.3) is 0 Å². The lowest BCUT2D eigenvalue weighted by molar-refractivity contribution is 0.260. The van der Waals surface area contributed by atoms with Gasteiger partial charge in [0, 0.05) is 0 Å². The molecular formula is C14H14ClNO3S. The molecule has 0 aliphatic rings. The second kappa shape index (κ2) is 6.26. The fourth-order valence-electron chi connectivity index (χ4n) is 1.73. The molecule has 0 aliphatic heterocycles. The normalized spacial score (nSPS) is 11.3. The highest BCUT2D eigenvalue weighted by Gasteiger charge is 2.16. The van der Waals surface area contributed by atoms with Crippen LogP contribution in [0, 0.1) is 0 Å². The van der Waals surface area contributed by atoms with Crippen LogP contribution < -0.4 is 5.06 Å². The predicted molar refractivity (Wildman–Crippen MR) is 79.1 cm³/mol. The van der Waals surface area contributed by atoms with Gasteiger partial charge in [-0.2, -0.15) is 0 Å². The number of para-hydroxylation sites is 1. The predicted octanol–water partition coefficient (Wildman–Crippen LogP) is 3.01. The standard InChI is InChI=1S/C14H14ClNO3S/c15-13-8-4-5-9-14(13)16(17)10-11-20(18,19)12-6-2-1-3-7-12/h1-9,17H,10-11H2. The number of hydrogen-bond donors (Lipinski definition) is 1. The molecule has 20 heavy (non-hydrogen) atoms. The molecule has 2 aromatic rings. The molecule has 2 rings (SSSR count). The fourth-order valence-corrected chi connectivity index (χ4v) is 3.19. The van der Waals surface area contributed by atoms with Crippen LogP contribution in [0.4, 0.5) is 5.69 Å². The summed E-state index contributed by atoms with van der Waals surface area (Å²) in [6.07, 6.45) is 0. The second-order valence-electron chi connectivity index (χ2n) is 4.21. The Hall–Kier alpha value is -1.56. The molecule has 0 aromatic heterocycles. The van der Waals surface area contributed by atoms with Crippen molar-refractivity contribution in [1.29, 1.82) is 0 Å². The van der Waals surface area contributed by atoms with Gasteiger partial charge in [-0.1, -0.05) is 41.9 Å². The Labute approximate surface area is 123 Å². The first-order valence-electron chi connectivity index (χ1n) is 5.99. The van der Waals surface area contributed by atoms with Crippen molar-refractivity contribution in [2.75, 3.05) is 17.4 Å². The van der Waals surface area contributed by atoms with Crippen molar-refractivity contribution in [2.45, 2.75) is 4.90 Å². The van der Waals surface area contributed by atoms with E-state index in [0.29, 0.717) is 10.7 Å². The van der Waals surface area contributed by atoms with E-state index in [1.807, 2.05) is 0 Å². The van der Waals surface area contributed by atoms with E-state index >= 15 is 0 Å². The number of anilines is 1. The van der Waals surface area contributed by atoms with Crippen molar-refractivity contribution >= 4 is 27.1 Å². The van der Waals surface area contributed by atoms with Crippen LogP contribution in [-0.4, -0.2) is 25.9 Å². The van der Waals surface area contributed by atoms with E-state index in [9.17, 15) is 13.6 Å². The van der Waals surface area contributed by atoms with Crippen molar-refractivity contribution in [2.24, 2.45) is 0 Å². The van der Waals surface area contributed by atoms with Gasteiger partial charge in [0.15, 0.2) is 9.84 Å². The molecule has 0 radical (unpaired) electrons. The van der Waals surface area contributed by atoms with Crippen LogP contribution >= 0.6 is 11.6 Å². The van der Waals surface area contributed by atoms with Crippen LogP contribution in [-0.2, 0) is 9.84 Å². The summed E-state index contributed by atoms with van der Waals surface area (Å²) in [5.41, 5.74) is 0.387. The summed E-state index contributed by atoms with van der Waals surface area (Å²) in [4.78, 5) is 0.243. The number of benzene rings is 2. The average molecular weight is 312 g/mol. The van der Waals surface area contributed by atoms with Gasteiger partial charge in [-0.3, -0.25) is 10.3 Å². The molecule has 0 amide bonds. The lowest BCUT2D eigenvalue weighted by Gasteiger charge is -2.18. The fraction of sp³-hybridized carbons (Fsp3) is 0.143. The first-order valence-corrected chi connectivity index (χ1v) is 8.02. The third kappa shape index (κ3) is 3.50. The Balaban J connectivity index is 2.08. The summed E-state index contributed by atoms with van der Waals surface area (Å²) >= 11 is 5.93. The minimum absolute atomic E-state index is 0.0546. The summed E-state index contributed by atoms with van der Waals surface area (Å²) in [6.45, 7) is -0.0546. The molecule has 0 spiro atoms. The van der Waals surface area contributed by atoms with Gasteiger partial charge in [0.05, 0.1) is 27.9 Å². The zero-order valence-corrected chi connectivity index (χ0v) is 12.2. The molecule has 106 valence electrons. The largest absolute Gasteiger partial charge is 0.288 e. The SMILES string of the molecule is O=S(=O)(CCN(O)c1ccccc1Cl)c1ccccc1. The molecule has 0 unspecified atom stereocenters. The van der Waals surface area contributed by atoms with Gasteiger partial charge in [-0.25, -0.2) is 8.42 Å². The third-order valence-electron chi connectivity index (χ3n) is 2.80. The van der Waals surface area contributed by atoms with E-state index in [-0.39, 0.29) is 17.2 Å². The molecule has 1 N–H and O–H groups in total. The first-order chi connectivity index (χ1) is 9.50. The van der Waals surface area contributed by atoms with E-state index in [0.717, 1.165) is 5.06 Å². The maximum Gasteiger partial charge on any atom is 0.180 e. The molecule has 2 aromatic carbocycles.